The molecule has 1 aromatic heterocycles. The number of furan rings is 1. The average molecular weight is 346 g/mol. The third-order valence-corrected chi connectivity index (χ3v) is 4.11. The molecule has 0 aromatic carbocycles. The van der Waals surface area contributed by atoms with Gasteiger partial charge in [0.25, 0.3) is 0 Å². The van der Waals surface area contributed by atoms with Crippen molar-refractivity contribution in [2.75, 3.05) is 19.4 Å². The lowest BCUT2D eigenvalue weighted by atomic mass is 9.99. The molecule has 23 heavy (non-hydrogen) atoms. The second-order valence-corrected chi connectivity index (χ2v) is 7.31. The smallest absolute Gasteiger partial charge is 0.238 e. The van der Waals surface area contributed by atoms with E-state index in [9.17, 15) is 13.2 Å². The summed E-state index contributed by atoms with van der Waals surface area (Å²) in [5, 5.41) is 2.74. The first kappa shape index (κ1) is 19.7. The summed E-state index contributed by atoms with van der Waals surface area (Å²) >= 11 is 0. The molecule has 7 nitrogen and oxygen atoms in total. The Balaban J connectivity index is 2.28. The van der Waals surface area contributed by atoms with Gasteiger partial charge in [-0.3, -0.25) is 4.79 Å². The van der Waals surface area contributed by atoms with Gasteiger partial charge in [0.15, 0.2) is 0 Å². The summed E-state index contributed by atoms with van der Waals surface area (Å²) in [4.78, 5) is 12.1. The number of amides is 1. The number of rotatable bonds is 11. The summed E-state index contributed by atoms with van der Waals surface area (Å²) < 4.78 is 35.7. The zero-order chi connectivity index (χ0) is 17.3. The maximum atomic E-state index is 12.1. The number of hydrogen-bond donors (Lipinski definition) is 2. The first-order chi connectivity index (χ1) is 10.8. The Labute approximate surface area is 137 Å². The van der Waals surface area contributed by atoms with E-state index in [-0.39, 0.29) is 11.8 Å². The standard InChI is InChI=1S/C15H26N2O5S/c1-4-12(2)14(17-23(3,19)20)15(18)16-8-6-9-21-11-13-7-5-10-22-13/h5,7,10,12,14,17H,4,6,8-9,11H2,1-3H3,(H,16,18)/t12-,14+/m0/s1. The number of nitrogens with one attached hydrogen (secondary N) is 2. The maximum Gasteiger partial charge on any atom is 0.238 e. The van der Waals surface area contributed by atoms with E-state index in [1.54, 1.807) is 12.3 Å². The van der Waals surface area contributed by atoms with Crippen LogP contribution in [0.3, 0.4) is 0 Å². The van der Waals surface area contributed by atoms with E-state index >= 15 is 0 Å². The van der Waals surface area contributed by atoms with Crippen molar-refractivity contribution in [3.05, 3.63) is 24.2 Å². The summed E-state index contributed by atoms with van der Waals surface area (Å²) in [5.41, 5.74) is 0. The van der Waals surface area contributed by atoms with Gasteiger partial charge in [0, 0.05) is 13.2 Å². The van der Waals surface area contributed by atoms with Crippen LogP contribution < -0.4 is 10.0 Å². The van der Waals surface area contributed by atoms with Crippen molar-refractivity contribution >= 4 is 15.9 Å². The van der Waals surface area contributed by atoms with E-state index in [0.29, 0.717) is 32.6 Å². The van der Waals surface area contributed by atoms with Crippen LogP contribution in [-0.2, 0) is 26.2 Å². The van der Waals surface area contributed by atoms with Crippen LogP contribution in [0.2, 0.25) is 0 Å². The first-order valence-corrected chi connectivity index (χ1v) is 9.57. The zero-order valence-corrected chi connectivity index (χ0v) is 14.7. The van der Waals surface area contributed by atoms with Crippen LogP contribution >= 0.6 is 0 Å². The van der Waals surface area contributed by atoms with Gasteiger partial charge in [-0.25, -0.2) is 13.1 Å². The highest BCUT2D eigenvalue weighted by molar-refractivity contribution is 7.88. The third-order valence-electron chi connectivity index (χ3n) is 3.43. The molecule has 1 heterocycles. The SMILES string of the molecule is CC[C@H](C)[C@@H](NS(C)(=O)=O)C(=O)NCCCOCc1ccco1. The molecule has 0 bridgehead atoms. The average Bonchev–Trinajstić information content (AvgIpc) is 2.99. The summed E-state index contributed by atoms with van der Waals surface area (Å²) in [6.07, 6.45) is 3.98. The van der Waals surface area contributed by atoms with Gasteiger partial charge in [-0.05, 0) is 24.5 Å². The Morgan fingerprint density at radius 3 is 2.74 bits per heavy atom. The van der Waals surface area contributed by atoms with Crippen LogP contribution in [-0.4, -0.2) is 39.8 Å². The van der Waals surface area contributed by atoms with Gasteiger partial charge < -0.3 is 14.5 Å². The number of carbonyl (C=O) groups is 1. The van der Waals surface area contributed by atoms with Gasteiger partial charge >= 0.3 is 0 Å². The third kappa shape index (κ3) is 8.15. The number of hydrogen-bond acceptors (Lipinski definition) is 5. The molecular weight excluding hydrogens is 320 g/mol. The predicted molar refractivity (Wildman–Crippen MR) is 87.2 cm³/mol. The highest BCUT2D eigenvalue weighted by Gasteiger charge is 2.26. The van der Waals surface area contributed by atoms with E-state index in [0.717, 1.165) is 12.0 Å². The molecule has 8 heteroatoms. The molecule has 2 atom stereocenters. The molecule has 0 spiro atoms. The summed E-state index contributed by atoms with van der Waals surface area (Å²) in [7, 11) is -3.43. The normalized spacial score (nSPS) is 14.4. The van der Waals surface area contributed by atoms with Crippen molar-refractivity contribution in [1.29, 1.82) is 0 Å². The van der Waals surface area contributed by atoms with Crippen LogP contribution in [0, 0.1) is 5.92 Å². The van der Waals surface area contributed by atoms with Gasteiger partial charge in [-0.15, -0.1) is 0 Å². The van der Waals surface area contributed by atoms with E-state index < -0.39 is 16.1 Å². The lowest BCUT2D eigenvalue weighted by Gasteiger charge is -2.22. The van der Waals surface area contributed by atoms with E-state index in [2.05, 4.69) is 10.0 Å². The topological polar surface area (TPSA) is 97.6 Å². The van der Waals surface area contributed by atoms with Gasteiger partial charge in [0.2, 0.25) is 15.9 Å². The highest BCUT2D eigenvalue weighted by Crippen LogP contribution is 2.09. The quantitative estimate of drug-likeness (QED) is 0.588. The van der Waals surface area contributed by atoms with E-state index in [4.69, 9.17) is 9.15 Å². The summed E-state index contributed by atoms with van der Waals surface area (Å²) in [6.45, 7) is 5.06. The Hall–Kier alpha value is -1.38. The van der Waals surface area contributed by atoms with Crippen LogP contribution in [0.1, 0.15) is 32.4 Å². The van der Waals surface area contributed by atoms with Crippen LogP contribution in [0.4, 0.5) is 0 Å². The van der Waals surface area contributed by atoms with Crippen molar-refractivity contribution in [1.82, 2.24) is 10.0 Å². The lowest BCUT2D eigenvalue weighted by Crippen LogP contribution is -2.50. The molecule has 0 aliphatic carbocycles. The van der Waals surface area contributed by atoms with Crippen molar-refractivity contribution in [3.8, 4) is 0 Å². The van der Waals surface area contributed by atoms with Gasteiger partial charge in [-0.1, -0.05) is 20.3 Å². The predicted octanol–water partition coefficient (Wildman–Crippen LogP) is 1.27. The maximum absolute atomic E-state index is 12.1. The number of carbonyl (C=O) groups excluding carboxylic acids is 1. The minimum absolute atomic E-state index is 0.0834. The summed E-state index contributed by atoms with van der Waals surface area (Å²) in [6, 6.07) is 2.87. The molecule has 2 N–H and O–H groups in total. The van der Waals surface area contributed by atoms with Crippen molar-refractivity contribution in [3.63, 3.8) is 0 Å². The number of ether oxygens (including phenoxy) is 1. The van der Waals surface area contributed by atoms with Crippen molar-refractivity contribution in [2.24, 2.45) is 5.92 Å². The van der Waals surface area contributed by atoms with Gasteiger partial charge in [0.1, 0.15) is 18.4 Å². The molecule has 1 aromatic rings. The Morgan fingerprint density at radius 2 is 2.17 bits per heavy atom. The van der Waals surface area contributed by atoms with Gasteiger partial charge in [-0.2, -0.15) is 0 Å². The fraction of sp³-hybridized carbons (Fsp3) is 0.667. The Kier molecular flexibility index (Phi) is 8.29. The molecule has 0 saturated carbocycles. The molecule has 0 aliphatic heterocycles. The van der Waals surface area contributed by atoms with Crippen molar-refractivity contribution in [2.45, 2.75) is 39.3 Å². The molecule has 0 unspecified atom stereocenters. The molecule has 1 rings (SSSR count). The lowest BCUT2D eigenvalue weighted by molar-refractivity contribution is -0.123. The molecule has 1 amide bonds. The molecule has 0 saturated heterocycles. The second kappa shape index (κ2) is 9.69. The minimum Gasteiger partial charge on any atom is -0.467 e. The van der Waals surface area contributed by atoms with Gasteiger partial charge in [0.05, 0.1) is 12.5 Å². The monoisotopic (exact) mass is 346 g/mol. The Morgan fingerprint density at radius 1 is 1.43 bits per heavy atom. The van der Waals surface area contributed by atoms with Crippen LogP contribution in [0.5, 0.6) is 0 Å². The first-order valence-electron chi connectivity index (χ1n) is 7.68. The second-order valence-electron chi connectivity index (χ2n) is 5.53. The molecule has 0 fully saturated rings. The molecule has 0 aliphatic rings. The largest absolute Gasteiger partial charge is 0.467 e. The van der Waals surface area contributed by atoms with Crippen LogP contribution in [0.25, 0.3) is 0 Å². The van der Waals surface area contributed by atoms with E-state index in [1.165, 1.54) is 0 Å². The zero-order valence-electron chi connectivity index (χ0n) is 13.9. The van der Waals surface area contributed by atoms with Crippen LogP contribution in [0.15, 0.2) is 22.8 Å². The molecule has 0 radical (unpaired) electrons. The summed E-state index contributed by atoms with van der Waals surface area (Å²) in [5.74, 6) is 0.360. The Bertz CT molecular complexity index is 556. The fourth-order valence-corrected chi connectivity index (χ4v) is 2.76. The highest BCUT2D eigenvalue weighted by atomic mass is 32.2. The van der Waals surface area contributed by atoms with Crippen molar-refractivity contribution < 1.29 is 22.4 Å². The number of sulfonamides is 1. The minimum atomic E-state index is -3.43. The fourth-order valence-electron chi connectivity index (χ4n) is 1.96. The molecule has 132 valence electrons. The molecular formula is C15H26N2O5S. The van der Waals surface area contributed by atoms with E-state index in [1.807, 2.05) is 19.9 Å².